The zero-order valence-corrected chi connectivity index (χ0v) is 20.6. The summed E-state index contributed by atoms with van der Waals surface area (Å²) in [5.41, 5.74) is 1.90. The number of methoxy groups -OCH3 is 2. The van der Waals surface area contributed by atoms with Gasteiger partial charge in [0.2, 0.25) is 15.9 Å². The summed E-state index contributed by atoms with van der Waals surface area (Å²) in [5.74, 6) is 1.09. The fourth-order valence-electron chi connectivity index (χ4n) is 3.24. The summed E-state index contributed by atoms with van der Waals surface area (Å²) in [7, 11) is -0.546. The molecule has 0 aliphatic carbocycles. The molecular weight excluding hydrogens is 428 g/mol. The Bertz CT molecular complexity index is 1010. The van der Waals surface area contributed by atoms with E-state index in [2.05, 4.69) is 25.5 Å². The third kappa shape index (κ3) is 6.71. The first kappa shape index (κ1) is 25.7. The molecule has 1 amide bonds. The highest BCUT2D eigenvalue weighted by Crippen LogP contribution is 2.28. The van der Waals surface area contributed by atoms with Crippen LogP contribution in [0.5, 0.6) is 11.5 Å². The van der Waals surface area contributed by atoms with Gasteiger partial charge in [0.05, 0.1) is 19.1 Å². The molecule has 0 unspecified atom stereocenters. The van der Waals surface area contributed by atoms with Crippen LogP contribution in [0.15, 0.2) is 47.4 Å². The van der Waals surface area contributed by atoms with Gasteiger partial charge >= 0.3 is 0 Å². The number of amides is 1. The van der Waals surface area contributed by atoms with Gasteiger partial charge in [-0.25, -0.2) is 13.1 Å². The fraction of sp³-hybridized carbons (Fsp3) is 0.458. The van der Waals surface area contributed by atoms with E-state index in [1.165, 1.54) is 0 Å². The molecule has 2 aromatic rings. The minimum absolute atomic E-state index is 0.0324. The van der Waals surface area contributed by atoms with Gasteiger partial charge in [-0.05, 0) is 47.7 Å². The number of nitrogens with zero attached hydrogens (tertiary/aromatic N) is 1. The number of hydrogen-bond donors (Lipinski definition) is 1. The molecule has 0 aliphatic rings. The minimum atomic E-state index is -3.68. The highest BCUT2D eigenvalue weighted by Gasteiger charge is 2.19. The van der Waals surface area contributed by atoms with Crippen LogP contribution in [-0.2, 0) is 26.8 Å². The average molecular weight is 463 g/mol. The highest BCUT2D eigenvalue weighted by molar-refractivity contribution is 7.89. The van der Waals surface area contributed by atoms with Crippen molar-refractivity contribution < 1.29 is 22.7 Å². The Morgan fingerprint density at radius 3 is 2.16 bits per heavy atom. The molecule has 176 valence electrons. The Kier molecular flexibility index (Phi) is 8.69. The van der Waals surface area contributed by atoms with Gasteiger partial charge in [-0.15, -0.1) is 0 Å². The van der Waals surface area contributed by atoms with Gasteiger partial charge < -0.3 is 14.4 Å². The normalized spacial score (nSPS) is 11.8. The molecule has 32 heavy (non-hydrogen) atoms. The van der Waals surface area contributed by atoms with Gasteiger partial charge in [-0.2, -0.15) is 0 Å². The van der Waals surface area contributed by atoms with Gasteiger partial charge in [0.25, 0.3) is 0 Å². The Morgan fingerprint density at radius 1 is 1.00 bits per heavy atom. The van der Waals surface area contributed by atoms with Crippen molar-refractivity contribution in [2.75, 3.05) is 27.3 Å². The minimum Gasteiger partial charge on any atom is -0.493 e. The van der Waals surface area contributed by atoms with Gasteiger partial charge in [-0.1, -0.05) is 39.0 Å². The summed E-state index contributed by atoms with van der Waals surface area (Å²) < 4.78 is 38.2. The summed E-state index contributed by atoms with van der Waals surface area (Å²) in [6.45, 7) is 9.04. The summed E-state index contributed by atoms with van der Waals surface area (Å²) >= 11 is 0. The van der Waals surface area contributed by atoms with Crippen molar-refractivity contribution in [2.45, 2.75) is 51.0 Å². The molecule has 7 nitrogen and oxygen atoms in total. The molecule has 0 saturated heterocycles. The lowest BCUT2D eigenvalue weighted by atomic mass is 9.87. The van der Waals surface area contributed by atoms with Crippen LogP contribution in [0.25, 0.3) is 0 Å². The van der Waals surface area contributed by atoms with E-state index < -0.39 is 10.0 Å². The monoisotopic (exact) mass is 462 g/mol. The van der Waals surface area contributed by atoms with Crippen molar-refractivity contribution in [1.82, 2.24) is 9.62 Å². The lowest BCUT2D eigenvalue weighted by Gasteiger charge is -2.22. The number of nitrogens with one attached hydrogen (secondary N) is 1. The van der Waals surface area contributed by atoms with Crippen molar-refractivity contribution in [1.29, 1.82) is 0 Å². The molecule has 8 heteroatoms. The smallest absolute Gasteiger partial charge is 0.240 e. The average Bonchev–Trinajstić information content (AvgIpc) is 2.76. The van der Waals surface area contributed by atoms with Crippen LogP contribution >= 0.6 is 0 Å². The van der Waals surface area contributed by atoms with E-state index >= 15 is 0 Å². The van der Waals surface area contributed by atoms with Crippen LogP contribution in [0.1, 0.15) is 45.2 Å². The van der Waals surface area contributed by atoms with Crippen LogP contribution in [0, 0.1) is 0 Å². The Morgan fingerprint density at radius 2 is 1.62 bits per heavy atom. The van der Waals surface area contributed by atoms with Crippen LogP contribution < -0.4 is 14.2 Å². The molecule has 1 N–H and O–H groups in total. The molecule has 0 saturated carbocycles. The second-order valence-corrected chi connectivity index (χ2v) is 10.3. The number of sulfonamides is 1. The molecule has 0 heterocycles. The molecule has 0 aromatic heterocycles. The fourth-order valence-corrected chi connectivity index (χ4v) is 4.28. The summed E-state index contributed by atoms with van der Waals surface area (Å²) in [6.07, 6.45) is 0.0699. The van der Waals surface area contributed by atoms with Crippen LogP contribution in [0.4, 0.5) is 0 Å². The Balaban J connectivity index is 1.96. The highest BCUT2D eigenvalue weighted by atomic mass is 32.2. The molecule has 0 aliphatic heterocycles. The van der Waals surface area contributed by atoms with Crippen LogP contribution in [-0.4, -0.2) is 46.5 Å². The maximum Gasteiger partial charge on any atom is 0.240 e. The molecule has 0 fully saturated rings. The first-order chi connectivity index (χ1) is 15.0. The first-order valence-electron chi connectivity index (χ1n) is 10.6. The van der Waals surface area contributed by atoms with E-state index in [-0.39, 0.29) is 29.2 Å². The van der Waals surface area contributed by atoms with Gasteiger partial charge in [0.1, 0.15) is 0 Å². The van der Waals surface area contributed by atoms with E-state index in [1.54, 1.807) is 37.3 Å². The van der Waals surface area contributed by atoms with Crippen molar-refractivity contribution in [3.63, 3.8) is 0 Å². The number of carbonyl (C=O) groups is 1. The SMILES string of the molecule is CCN(Cc1ccc(OC)c(OC)c1)C(=O)CCNS(=O)(=O)c1ccc(C(C)(C)C)cc1. The second kappa shape index (κ2) is 10.8. The lowest BCUT2D eigenvalue weighted by molar-refractivity contribution is -0.131. The number of carbonyl (C=O) groups excluding carboxylic acids is 1. The molecular formula is C24H34N2O5S. The predicted octanol–water partition coefficient (Wildman–Crippen LogP) is 3.72. The quantitative estimate of drug-likeness (QED) is 0.582. The summed E-state index contributed by atoms with van der Waals surface area (Å²) in [4.78, 5) is 14.5. The van der Waals surface area contributed by atoms with Crippen molar-refractivity contribution in [3.05, 3.63) is 53.6 Å². The molecule has 0 atom stereocenters. The molecule has 2 rings (SSSR count). The zero-order valence-electron chi connectivity index (χ0n) is 19.8. The summed E-state index contributed by atoms with van der Waals surface area (Å²) in [6, 6.07) is 12.3. The third-order valence-electron chi connectivity index (χ3n) is 5.22. The zero-order chi connectivity index (χ0) is 23.9. The van der Waals surface area contributed by atoms with E-state index in [4.69, 9.17) is 9.47 Å². The third-order valence-corrected chi connectivity index (χ3v) is 6.69. The van der Waals surface area contributed by atoms with Crippen molar-refractivity contribution in [2.24, 2.45) is 0 Å². The van der Waals surface area contributed by atoms with Gasteiger partial charge in [0, 0.05) is 26.1 Å². The van der Waals surface area contributed by atoms with Gasteiger partial charge in [-0.3, -0.25) is 4.79 Å². The number of rotatable bonds is 10. The Labute approximate surface area is 191 Å². The van der Waals surface area contributed by atoms with Crippen LogP contribution in [0.2, 0.25) is 0 Å². The topological polar surface area (TPSA) is 84.9 Å². The standard InChI is InChI=1S/C24H34N2O5S/c1-7-26(17-18-8-13-21(30-5)22(16-18)31-6)23(27)14-15-25-32(28,29)20-11-9-19(10-12-20)24(2,3)4/h8-13,16,25H,7,14-15,17H2,1-6H3. The van der Waals surface area contributed by atoms with Crippen LogP contribution in [0.3, 0.4) is 0 Å². The van der Waals surface area contributed by atoms with Crippen molar-refractivity contribution >= 4 is 15.9 Å². The van der Waals surface area contributed by atoms with E-state index in [9.17, 15) is 13.2 Å². The number of hydrogen-bond acceptors (Lipinski definition) is 5. The molecule has 0 radical (unpaired) electrons. The predicted molar refractivity (Wildman–Crippen MR) is 126 cm³/mol. The van der Waals surface area contributed by atoms with E-state index in [1.807, 2.05) is 31.2 Å². The molecule has 0 spiro atoms. The van der Waals surface area contributed by atoms with E-state index in [0.29, 0.717) is 24.6 Å². The number of ether oxygens (including phenoxy) is 2. The molecule has 2 aromatic carbocycles. The lowest BCUT2D eigenvalue weighted by Crippen LogP contribution is -2.34. The van der Waals surface area contributed by atoms with E-state index in [0.717, 1.165) is 11.1 Å². The molecule has 0 bridgehead atoms. The Hall–Kier alpha value is -2.58. The van der Waals surface area contributed by atoms with Crippen molar-refractivity contribution in [3.8, 4) is 11.5 Å². The van der Waals surface area contributed by atoms with Gasteiger partial charge in [0.15, 0.2) is 11.5 Å². The first-order valence-corrected chi connectivity index (χ1v) is 12.1. The summed E-state index contributed by atoms with van der Waals surface area (Å²) in [5, 5.41) is 0. The second-order valence-electron chi connectivity index (χ2n) is 8.52. The largest absolute Gasteiger partial charge is 0.493 e. The maximum absolute atomic E-state index is 12.7. The maximum atomic E-state index is 12.7. The number of benzene rings is 2.